The monoisotopic (exact) mass is 461 g/mol. The van der Waals surface area contributed by atoms with Crippen LogP contribution in [0.1, 0.15) is 16.1 Å². The fourth-order valence-corrected chi connectivity index (χ4v) is 3.66. The van der Waals surface area contributed by atoms with Crippen LogP contribution in [0.5, 0.6) is 0 Å². The molecule has 0 aliphatic rings. The normalized spacial score (nSPS) is 10.8. The molecule has 4 aromatic rings. The van der Waals surface area contributed by atoms with Crippen LogP contribution in [0.15, 0.2) is 71.7 Å². The van der Waals surface area contributed by atoms with E-state index in [4.69, 9.17) is 16.3 Å². The van der Waals surface area contributed by atoms with Crippen molar-refractivity contribution in [1.29, 1.82) is 0 Å². The van der Waals surface area contributed by atoms with Crippen LogP contribution in [0.4, 0.5) is 5.82 Å². The number of nitrogens with one attached hydrogen (secondary N) is 1. The fourth-order valence-electron chi connectivity index (χ4n) is 3.53. The van der Waals surface area contributed by atoms with E-state index in [-0.39, 0.29) is 11.3 Å². The van der Waals surface area contributed by atoms with Crippen molar-refractivity contribution >= 4 is 40.1 Å². The van der Waals surface area contributed by atoms with Crippen LogP contribution in [0.2, 0.25) is 5.02 Å². The van der Waals surface area contributed by atoms with Gasteiger partial charge in [0, 0.05) is 29.2 Å². The zero-order chi connectivity index (χ0) is 23.5. The summed E-state index contributed by atoms with van der Waals surface area (Å²) in [5.74, 6) is -0.988. The number of rotatable bonds is 5. The first-order valence-corrected chi connectivity index (χ1v) is 10.5. The summed E-state index contributed by atoms with van der Waals surface area (Å²) in [6.45, 7) is 1.35. The highest BCUT2D eigenvalue weighted by atomic mass is 35.5. The summed E-state index contributed by atoms with van der Waals surface area (Å²) in [5, 5.41) is 4.18. The van der Waals surface area contributed by atoms with Crippen LogP contribution < -0.4 is 10.9 Å². The number of esters is 1. The first kappa shape index (κ1) is 22.2. The lowest BCUT2D eigenvalue weighted by Gasteiger charge is -2.16. The summed E-state index contributed by atoms with van der Waals surface area (Å²) in [6, 6.07) is 17.4. The third-order valence-electron chi connectivity index (χ3n) is 5.14. The van der Waals surface area contributed by atoms with Crippen LogP contribution in [-0.2, 0) is 16.6 Å². The number of carbonyl (C=O) groups is 2. The van der Waals surface area contributed by atoms with Gasteiger partial charge in [-0.3, -0.25) is 9.59 Å². The minimum absolute atomic E-state index is 0.0438. The predicted molar refractivity (Wildman–Crippen MR) is 128 cm³/mol. The van der Waals surface area contributed by atoms with Crippen molar-refractivity contribution in [1.82, 2.24) is 9.55 Å². The summed E-state index contributed by atoms with van der Waals surface area (Å²) in [6.07, 6.45) is 1.62. The van der Waals surface area contributed by atoms with Crippen molar-refractivity contribution in [3.05, 3.63) is 93.5 Å². The van der Waals surface area contributed by atoms with Crippen molar-refractivity contribution < 1.29 is 14.3 Å². The van der Waals surface area contributed by atoms with Gasteiger partial charge in [0.15, 0.2) is 6.61 Å². The Labute approximate surface area is 194 Å². The Morgan fingerprint density at radius 2 is 1.73 bits per heavy atom. The molecule has 0 fully saturated rings. The van der Waals surface area contributed by atoms with Crippen LogP contribution in [0, 0.1) is 6.92 Å². The van der Waals surface area contributed by atoms with Gasteiger partial charge in [-0.05, 0) is 47.7 Å². The maximum Gasteiger partial charge on any atom is 0.356 e. The summed E-state index contributed by atoms with van der Waals surface area (Å²) in [5.41, 5.74) is 1.86. The van der Waals surface area contributed by atoms with Gasteiger partial charge < -0.3 is 14.6 Å². The zero-order valence-electron chi connectivity index (χ0n) is 18.0. The van der Waals surface area contributed by atoms with Crippen molar-refractivity contribution in [3.63, 3.8) is 0 Å². The summed E-state index contributed by atoms with van der Waals surface area (Å²) >= 11 is 6.04. The Morgan fingerprint density at radius 3 is 2.39 bits per heavy atom. The molecule has 1 amide bonds. The van der Waals surface area contributed by atoms with Crippen molar-refractivity contribution in [3.8, 4) is 11.1 Å². The molecule has 7 nitrogen and oxygen atoms in total. The van der Waals surface area contributed by atoms with E-state index < -0.39 is 18.5 Å². The Morgan fingerprint density at radius 1 is 1.03 bits per heavy atom. The molecule has 0 saturated carbocycles. The first-order valence-electron chi connectivity index (χ1n) is 10.1. The average Bonchev–Trinajstić information content (AvgIpc) is 2.82. The number of halogens is 1. The number of aromatic nitrogens is 2. The summed E-state index contributed by atoms with van der Waals surface area (Å²) < 4.78 is 6.54. The molecule has 0 atom stereocenters. The van der Waals surface area contributed by atoms with Crippen LogP contribution in [0.25, 0.3) is 21.9 Å². The predicted octanol–water partition coefficient (Wildman–Crippen LogP) is 4.36. The molecule has 2 aromatic carbocycles. The number of hydrogen-bond donors (Lipinski definition) is 1. The lowest BCUT2D eigenvalue weighted by atomic mass is 9.97. The van der Waals surface area contributed by atoms with E-state index in [1.807, 2.05) is 6.92 Å². The van der Waals surface area contributed by atoms with Gasteiger partial charge in [0.2, 0.25) is 0 Å². The number of benzene rings is 2. The number of hydrogen-bond acceptors (Lipinski definition) is 5. The Hall–Kier alpha value is -3.97. The van der Waals surface area contributed by atoms with E-state index in [9.17, 15) is 14.4 Å². The minimum Gasteiger partial charge on any atom is -0.451 e. The van der Waals surface area contributed by atoms with E-state index in [0.29, 0.717) is 32.7 Å². The van der Waals surface area contributed by atoms with Crippen molar-refractivity contribution in [2.45, 2.75) is 6.92 Å². The lowest BCUT2D eigenvalue weighted by Crippen LogP contribution is -2.28. The minimum atomic E-state index is -0.794. The number of nitrogens with zero attached hydrogens (tertiary/aromatic N) is 2. The largest absolute Gasteiger partial charge is 0.451 e. The molecule has 0 unspecified atom stereocenters. The highest BCUT2D eigenvalue weighted by molar-refractivity contribution is 6.30. The molecular formula is C25H20ClN3O4. The quantitative estimate of drug-likeness (QED) is 0.446. The Bertz CT molecular complexity index is 1410. The molecule has 33 heavy (non-hydrogen) atoms. The van der Waals surface area contributed by atoms with Gasteiger partial charge in [0.05, 0.1) is 0 Å². The number of anilines is 1. The summed E-state index contributed by atoms with van der Waals surface area (Å²) in [7, 11) is 1.50. The SMILES string of the molecule is Cc1ccc(NC(=O)COC(=O)c2c(-c3ccc(Cl)cc3)c3ccccc3c(=O)n2C)nc1. The zero-order valence-corrected chi connectivity index (χ0v) is 18.7. The molecule has 0 bridgehead atoms. The second kappa shape index (κ2) is 9.26. The molecule has 0 radical (unpaired) electrons. The van der Waals surface area contributed by atoms with E-state index in [0.717, 1.165) is 5.56 Å². The molecule has 0 spiro atoms. The number of pyridine rings is 2. The van der Waals surface area contributed by atoms with Crippen LogP contribution in [0.3, 0.4) is 0 Å². The van der Waals surface area contributed by atoms with Gasteiger partial charge in [-0.2, -0.15) is 0 Å². The van der Waals surface area contributed by atoms with E-state index >= 15 is 0 Å². The standard InChI is InChI=1S/C25H20ClN3O4/c1-15-7-12-20(27-13-15)28-21(30)14-33-25(32)23-22(16-8-10-17(26)11-9-16)18-5-3-4-6-19(18)24(31)29(23)2/h3-13H,14H2,1-2H3,(H,27,28,30). The molecule has 8 heteroatoms. The van der Waals surface area contributed by atoms with Gasteiger partial charge in [-0.1, -0.05) is 48.0 Å². The third kappa shape index (κ3) is 4.63. The van der Waals surface area contributed by atoms with Gasteiger partial charge in [-0.15, -0.1) is 0 Å². The van der Waals surface area contributed by atoms with Gasteiger partial charge >= 0.3 is 5.97 Å². The molecule has 2 heterocycles. The van der Waals surface area contributed by atoms with Gasteiger partial charge in [-0.25, -0.2) is 9.78 Å². The second-order valence-electron chi connectivity index (χ2n) is 7.49. The number of carbonyl (C=O) groups excluding carboxylic acids is 2. The Kier molecular flexibility index (Phi) is 6.24. The first-order chi connectivity index (χ1) is 15.8. The average molecular weight is 462 g/mol. The molecular weight excluding hydrogens is 442 g/mol. The number of ether oxygens (including phenoxy) is 1. The number of fused-ring (bicyclic) bond motifs is 1. The fraction of sp³-hybridized carbons (Fsp3) is 0.120. The van der Waals surface area contributed by atoms with Gasteiger partial charge in [0.1, 0.15) is 11.5 Å². The molecule has 2 aromatic heterocycles. The van der Waals surface area contributed by atoms with Crippen molar-refractivity contribution in [2.75, 3.05) is 11.9 Å². The van der Waals surface area contributed by atoms with E-state index in [1.165, 1.54) is 11.6 Å². The second-order valence-corrected chi connectivity index (χ2v) is 7.92. The van der Waals surface area contributed by atoms with Crippen LogP contribution in [-0.4, -0.2) is 28.0 Å². The van der Waals surface area contributed by atoms with E-state index in [2.05, 4.69) is 10.3 Å². The molecule has 0 saturated heterocycles. The summed E-state index contributed by atoms with van der Waals surface area (Å²) in [4.78, 5) is 42.4. The topological polar surface area (TPSA) is 90.3 Å². The number of aryl methyl sites for hydroxylation is 1. The smallest absolute Gasteiger partial charge is 0.356 e. The maximum absolute atomic E-state index is 13.1. The molecule has 166 valence electrons. The molecule has 0 aliphatic carbocycles. The van der Waals surface area contributed by atoms with Crippen molar-refractivity contribution in [2.24, 2.45) is 7.05 Å². The van der Waals surface area contributed by atoms with Crippen LogP contribution >= 0.6 is 11.6 Å². The highest BCUT2D eigenvalue weighted by Crippen LogP contribution is 2.31. The third-order valence-corrected chi connectivity index (χ3v) is 5.40. The molecule has 1 N–H and O–H groups in total. The molecule has 0 aliphatic heterocycles. The lowest BCUT2D eigenvalue weighted by molar-refractivity contribution is -0.119. The molecule has 4 rings (SSSR count). The maximum atomic E-state index is 13.1. The highest BCUT2D eigenvalue weighted by Gasteiger charge is 2.23. The Balaban J connectivity index is 1.69. The van der Waals surface area contributed by atoms with E-state index in [1.54, 1.807) is 66.9 Å². The van der Waals surface area contributed by atoms with Gasteiger partial charge in [0.25, 0.3) is 11.5 Å². The number of amides is 1.